The Morgan fingerprint density at radius 1 is 1.15 bits per heavy atom. The molecular weight excluding hydrogens is 368 g/mol. The Balaban J connectivity index is 1.71. The number of primary amides is 1. The standard InChI is InChI=1S/C18H20N4O4S/c19-18(24)14-5-4-8-21(12-14)13-17(23)20-15-6-3-7-16(11-15)27(25,26)22-9-1-2-10-22/h3-8,11-12H,1-2,9-10,13H2,(H2-,19,20,23,24)/p+1. The predicted molar refractivity (Wildman–Crippen MR) is 98.2 cm³/mol. The Labute approximate surface area is 157 Å². The highest BCUT2D eigenvalue weighted by atomic mass is 32.2. The van der Waals surface area contributed by atoms with Gasteiger partial charge in [-0.1, -0.05) is 6.07 Å². The van der Waals surface area contributed by atoms with Crippen LogP contribution in [0.15, 0.2) is 53.7 Å². The third-order valence-corrected chi connectivity index (χ3v) is 6.18. The van der Waals surface area contributed by atoms with Gasteiger partial charge in [0, 0.05) is 24.8 Å². The quantitative estimate of drug-likeness (QED) is 0.700. The van der Waals surface area contributed by atoms with Crippen molar-refractivity contribution >= 4 is 27.5 Å². The molecule has 9 heteroatoms. The van der Waals surface area contributed by atoms with Gasteiger partial charge in [-0.15, -0.1) is 0 Å². The molecule has 1 aliphatic heterocycles. The zero-order chi connectivity index (χ0) is 19.4. The number of nitrogens with one attached hydrogen (secondary N) is 1. The van der Waals surface area contributed by atoms with Crippen LogP contribution in [0.2, 0.25) is 0 Å². The lowest BCUT2D eigenvalue weighted by Gasteiger charge is -2.16. The second kappa shape index (κ2) is 7.85. The van der Waals surface area contributed by atoms with Crippen molar-refractivity contribution in [2.24, 2.45) is 5.73 Å². The summed E-state index contributed by atoms with van der Waals surface area (Å²) < 4.78 is 28.2. The van der Waals surface area contributed by atoms with Crippen molar-refractivity contribution in [3.8, 4) is 0 Å². The van der Waals surface area contributed by atoms with Crippen molar-refractivity contribution < 1.29 is 22.6 Å². The van der Waals surface area contributed by atoms with Gasteiger partial charge >= 0.3 is 0 Å². The fourth-order valence-electron chi connectivity index (χ4n) is 2.94. The molecule has 3 rings (SSSR count). The molecule has 8 nitrogen and oxygen atoms in total. The topological polar surface area (TPSA) is 113 Å². The number of rotatable bonds is 6. The monoisotopic (exact) mass is 389 g/mol. The highest BCUT2D eigenvalue weighted by Gasteiger charge is 2.27. The lowest BCUT2D eigenvalue weighted by atomic mass is 10.2. The van der Waals surface area contributed by atoms with Gasteiger partial charge in [0.25, 0.3) is 11.8 Å². The number of hydrogen-bond acceptors (Lipinski definition) is 4. The van der Waals surface area contributed by atoms with E-state index in [0.29, 0.717) is 24.3 Å². The van der Waals surface area contributed by atoms with Gasteiger partial charge in [0.1, 0.15) is 5.56 Å². The fraction of sp³-hybridized carbons (Fsp3) is 0.278. The van der Waals surface area contributed by atoms with Crippen LogP contribution in [-0.4, -0.2) is 37.6 Å². The summed E-state index contributed by atoms with van der Waals surface area (Å²) in [5, 5.41) is 2.68. The second-order valence-electron chi connectivity index (χ2n) is 6.32. The van der Waals surface area contributed by atoms with Gasteiger partial charge in [-0.25, -0.2) is 8.42 Å². The van der Waals surface area contributed by atoms with E-state index < -0.39 is 15.9 Å². The van der Waals surface area contributed by atoms with Crippen LogP contribution in [-0.2, 0) is 21.4 Å². The number of nitrogens with two attached hydrogens (primary N) is 1. The van der Waals surface area contributed by atoms with E-state index in [-0.39, 0.29) is 17.3 Å². The summed E-state index contributed by atoms with van der Waals surface area (Å²) in [4.78, 5) is 23.6. The van der Waals surface area contributed by atoms with Crippen LogP contribution >= 0.6 is 0 Å². The molecule has 2 amide bonds. The number of carbonyl (C=O) groups is 2. The molecule has 142 valence electrons. The van der Waals surface area contributed by atoms with Crippen LogP contribution in [0.5, 0.6) is 0 Å². The molecule has 0 unspecified atom stereocenters. The van der Waals surface area contributed by atoms with E-state index in [9.17, 15) is 18.0 Å². The molecular formula is C18H21N4O4S+. The summed E-state index contributed by atoms with van der Waals surface area (Å²) in [6.45, 7) is 1.00. The number of anilines is 1. The first-order valence-corrected chi connectivity index (χ1v) is 9.99. The molecule has 1 saturated heterocycles. The first-order valence-electron chi connectivity index (χ1n) is 8.55. The Hall–Kier alpha value is -2.78. The van der Waals surface area contributed by atoms with E-state index >= 15 is 0 Å². The predicted octanol–water partition coefficient (Wildman–Crippen LogP) is 0.496. The molecule has 0 bridgehead atoms. The van der Waals surface area contributed by atoms with Gasteiger partial charge in [0.2, 0.25) is 16.6 Å². The lowest BCUT2D eigenvalue weighted by Crippen LogP contribution is -2.40. The number of pyridine rings is 1. The second-order valence-corrected chi connectivity index (χ2v) is 8.25. The van der Waals surface area contributed by atoms with Gasteiger partial charge in [-0.05, 0) is 37.1 Å². The maximum atomic E-state index is 12.6. The highest BCUT2D eigenvalue weighted by molar-refractivity contribution is 7.89. The molecule has 0 spiro atoms. The van der Waals surface area contributed by atoms with E-state index in [1.54, 1.807) is 30.5 Å². The molecule has 2 heterocycles. The van der Waals surface area contributed by atoms with E-state index in [1.807, 2.05) is 0 Å². The van der Waals surface area contributed by atoms with Gasteiger partial charge in [-0.3, -0.25) is 9.59 Å². The largest absolute Gasteiger partial charge is 0.365 e. The average molecular weight is 389 g/mol. The number of carbonyl (C=O) groups excluding carboxylic acids is 2. The van der Waals surface area contributed by atoms with Crippen LogP contribution < -0.4 is 15.6 Å². The third kappa shape index (κ3) is 4.50. The SMILES string of the molecule is NC(=O)c1ccc[n+](CC(=O)Nc2cccc(S(=O)(=O)N3CCCC3)c2)c1. The van der Waals surface area contributed by atoms with Crippen LogP contribution in [0.25, 0.3) is 0 Å². The Kier molecular flexibility index (Phi) is 5.52. The Bertz CT molecular complexity index is 969. The van der Waals surface area contributed by atoms with Crippen molar-refractivity contribution in [3.05, 3.63) is 54.4 Å². The van der Waals surface area contributed by atoms with Crippen molar-refractivity contribution in [3.63, 3.8) is 0 Å². The zero-order valence-electron chi connectivity index (χ0n) is 14.7. The molecule has 2 aromatic rings. The molecule has 1 aromatic carbocycles. The summed E-state index contributed by atoms with van der Waals surface area (Å²) in [7, 11) is -3.55. The van der Waals surface area contributed by atoms with E-state index in [0.717, 1.165) is 12.8 Å². The molecule has 1 aliphatic rings. The van der Waals surface area contributed by atoms with Crippen LogP contribution in [0.4, 0.5) is 5.69 Å². The van der Waals surface area contributed by atoms with E-state index in [2.05, 4.69) is 5.32 Å². The number of sulfonamides is 1. The molecule has 0 radical (unpaired) electrons. The summed E-state index contributed by atoms with van der Waals surface area (Å²) in [5.74, 6) is -0.929. The van der Waals surface area contributed by atoms with E-state index in [4.69, 9.17) is 5.73 Å². The maximum Gasteiger partial charge on any atom is 0.290 e. The van der Waals surface area contributed by atoms with Crippen LogP contribution in [0.3, 0.4) is 0 Å². The fourth-order valence-corrected chi connectivity index (χ4v) is 4.51. The minimum atomic E-state index is -3.55. The third-order valence-electron chi connectivity index (χ3n) is 4.29. The molecule has 3 N–H and O–H groups in total. The molecule has 0 saturated carbocycles. The van der Waals surface area contributed by atoms with Gasteiger partial charge in [0.05, 0.1) is 4.90 Å². The van der Waals surface area contributed by atoms with Crippen LogP contribution in [0, 0.1) is 0 Å². The molecule has 27 heavy (non-hydrogen) atoms. The maximum absolute atomic E-state index is 12.6. The minimum absolute atomic E-state index is 0.0375. The summed E-state index contributed by atoms with van der Waals surface area (Å²) >= 11 is 0. The summed E-state index contributed by atoms with van der Waals surface area (Å²) in [6, 6.07) is 9.38. The van der Waals surface area contributed by atoms with E-state index in [1.165, 1.54) is 27.2 Å². The van der Waals surface area contributed by atoms with Crippen LogP contribution in [0.1, 0.15) is 23.2 Å². The van der Waals surface area contributed by atoms with Crippen molar-refractivity contribution in [1.82, 2.24) is 4.31 Å². The highest BCUT2D eigenvalue weighted by Crippen LogP contribution is 2.23. The summed E-state index contributed by atoms with van der Waals surface area (Å²) in [5.41, 5.74) is 5.92. The number of benzene rings is 1. The molecule has 1 aromatic heterocycles. The number of hydrogen-bond donors (Lipinski definition) is 2. The smallest absolute Gasteiger partial charge is 0.290 e. The first kappa shape index (κ1) is 19.0. The average Bonchev–Trinajstić information content (AvgIpc) is 3.17. The minimum Gasteiger partial charge on any atom is -0.365 e. The summed E-state index contributed by atoms with van der Waals surface area (Å²) in [6.07, 6.45) is 4.84. The van der Waals surface area contributed by atoms with Crippen molar-refractivity contribution in [2.45, 2.75) is 24.3 Å². The van der Waals surface area contributed by atoms with Gasteiger partial charge in [0.15, 0.2) is 12.4 Å². The van der Waals surface area contributed by atoms with Crippen molar-refractivity contribution in [2.75, 3.05) is 18.4 Å². The molecule has 1 fully saturated rings. The van der Waals surface area contributed by atoms with Gasteiger partial charge < -0.3 is 11.1 Å². The lowest BCUT2D eigenvalue weighted by molar-refractivity contribution is -0.684. The number of nitrogens with zero attached hydrogens (tertiary/aromatic N) is 2. The molecule has 0 aliphatic carbocycles. The number of amides is 2. The van der Waals surface area contributed by atoms with Gasteiger partial charge in [-0.2, -0.15) is 8.87 Å². The first-order chi connectivity index (χ1) is 12.9. The zero-order valence-corrected chi connectivity index (χ0v) is 15.5. The Morgan fingerprint density at radius 2 is 1.89 bits per heavy atom. The normalized spacial score (nSPS) is 14.8. The molecule has 0 atom stereocenters. The number of aromatic nitrogens is 1. The van der Waals surface area contributed by atoms with Crippen molar-refractivity contribution in [1.29, 1.82) is 0 Å². The Morgan fingerprint density at radius 3 is 2.59 bits per heavy atom.